The zero-order valence-corrected chi connectivity index (χ0v) is 20.9. The van der Waals surface area contributed by atoms with Crippen molar-refractivity contribution in [1.29, 1.82) is 0 Å². The summed E-state index contributed by atoms with van der Waals surface area (Å²) in [6.07, 6.45) is 1.03. The van der Waals surface area contributed by atoms with Gasteiger partial charge in [-0.05, 0) is 78.8 Å². The first-order valence-electron chi connectivity index (χ1n) is 11.7. The smallest absolute Gasteiger partial charge is 0.00130 e. The molecule has 0 atom stereocenters. The van der Waals surface area contributed by atoms with E-state index in [0.717, 1.165) is 6.42 Å². The Hall–Kier alpha value is -2.34. The summed E-state index contributed by atoms with van der Waals surface area (Å²) in [6.45, 7) is 20.7. The molecule has 0 bridgehead atoms. The van der Waals surface area contributed by atoms with Crippen LogP contribution in [-0.4, -0.2) is 0 Å². The Morgan fingerprint density at radius 2 is 1.00 bits per heavy atom. The van der Waals surface area contributed by atoms with Gasteiger partial charge in [-0.25, -0.2) is 0 Å². The molecule has 0 fully saturated rings. The van der Waals surface area contributed by atoms with Crippen molar-refractivity contribution < 1.29 is 0 Å². The molecule has 0 heterocycles. The van der Waals surface area contributed by atoms with Crippen molar-refractivity contribution in [3.63, 3.8) is 0 Å². The lowest BCUT2D eigenvalue weighted by molar-refractivity contribution is 0.589. The number of fused-ring (bicyclic) bond motifs is 3. The molecular weight excluding hydrogens is 372 g/mol. The minimum atomic E-state index is 0.125. The van der Waals surface area contributed by atoms with Gasteiger partial charge in [-0.2, -0.15) is 0 Å². The normalized spacial score (nSPS) is 13.8. The van der Waals surface area contributed by atoms with Gasteiger partial charge in [-0.15, -0.1) is 0 Å². The van der Waals surface area contributed by atoms with Crippen LogP contribution in [-0.2, 0) is 22.7 Å². The van der Waals surface area contributed by atoms with Crippen molar-refractivity contribution in [2.24, 2.45) is 0 Å². The van der Waals surface area contributed by atoms with Crippen LogP contribution in [0, 0.1) is 0 Å². The van der Waals surface area contributed by atoms with Crippen LogP contribution in [0.4, 0.5) is 0 Å². The van der Waals surface area contributed by atoms with Gasteiger partial charge in [0.2, 0.25) is 0 Å². The lowest BCUT2D eigenvalue weighted by atomic mass is 9.81. The molecule has 0 spiro atoms. The van der Waals surface area contributed by atoms with Gasteiger partial charge in [0, 0.05) is 0 Å². The van der Waals surface area contributed by atoms with Crippen LogP contribution in [0.2, 0.25) is 0 Å². The molecule has 0 saturated heterocycles. The average molecular weight is 411 g/mol. The second-order valence-corrected chi connectivity index (χ2v) is 12.4. The maximum atomic E-state index is 2.46. The summed E-state index contributed by atoms with van der Waals surface area (Å²) < 4.78 is 0. The quantitative estimate of drug-likeness (QED) is 0.294. The minimum absolute atomic E-state index is 0.125. The van der Waals surface area contributed by atoms with Crippen molar-refractivity contribution >= 4 is 0 Å². The van der Waals surface area contributed by atoms with Crippen molar-refractivity contribution in [3.8, 4) is 22.3 Å². The molecule has 0 N–H and O–H groups in total. The molecule has 1 aliphatic rings. The van der Waals surface area contributed by atoms with E-state index in [1.54, 1.807) is 0 Å². The molecule has 0 nitrogen and oxygen atoms in total. The molecule has 0 aliphatic heterocycles. The van der Waals surface area contributed by atoms with E-state index in [0.29, 0.717) is 0 Å². The van der Waals surface area contributed by atoms with Crippen molar-refractivity contribution in [2.75, 3.05) is 0 Å². The summed E-state index contributed by atoms with van der Waals surface area (Å²) in [5, 5.41) is 0. The highest BCUT2D eigenvalue weighted by Crippen LogP contribution is 2.46. The molecule has 0 heteroatoms. The lowest BCUT2D eigenvalue weighted by Gasteiger charge is -2.23. The third-order valence-electron chi connectivity index (χ3n) is 6.77. The molecule has 3 aromatic carbocycles. The van der Waals surface area contributed by atoms with Gasteiger partial charge in [-0.1, -0.05) is 111 Å². The molecule has 0 aromatic heterocycles. The highest BCUT2D eigenvalue weighted by atomic mass is 14.3. The van der Waals surface area contributed by atoms with E-state index in [2.05, 4.69) is 117 Å². The Morgan fingerprint density at radius 3 is 1.55 bits per heavy atom. The van der Waals surface area contributed by atoms with Gasteiger partial charge in [0.1, 0.15) is 0 Å². The first kappa shape index (κ1) is 21.9. The number of hydrogen-bond donors (Lipinski definition) is 0. The van der Waals surface area contributed by atoms with Gasteiger partial charge in [-0.3, -0.25) is 0 Å². The predicted molar refractivity (Wildman–Crippen MR) is 136 cm³/mol. The molecular formula is C31H38. The Morgan fingerprint density at radius 1 is 0.484 bits per heavy atom. The van der Waals surface area contributed by atoms with E-state index in [9.17, 15) is 0 Å². The van der Waals surface area contributed by atoms with E-state index in [-0.39, 0.29) is 16.2 Å². The van der Waals surface area contributed by atoms with Crippen LogP contribution in [0.3, 0.4) is 0 Å². The monoisotopic (exact) mass is 410 g/mol. The number of benzene rings is 3. The number of rotatable bonds is 1. The Balaban J connectivity index is 1.92. The van der Waals surface area contributed by atoms with Gasteiger partial charge in [0.05, 0.1) is 0 Å². The van der Waals surface area contributed by atoms with E-state index in [1.807, 2.05) is 0 Å². The van der Waals surface area contributed by atoms with Crippen LogP contribution in [0.5, 0.6) is 0 Å². The summed E-state index contributed by atoms with van der Waals surface area (Å²) >= 11 is 0. The van der Waals surface area contributed by atoms with Crippen LogP contribution >= 0.6 is 0 Å². The topological polar surface area (TPSA) is 0 Å². The van der Waals surface area contributed by atoms with Crippen LogP contribution in [0.25, 0.3) is 22.3 Å². The van der Waals surface area contributed by atoms with Crippen LogP contribution < -0.4 is 0 Å². The maximum absolute atomic E-state index is 2.46. The molecule has 4 rings (SSSR count). The molecule has 1 aliphatic carbocycles. The fourth-order valence-electron chi connectivity index (χ4n) is 4.63. The van der Waals surface area contributed by atoms with E-state index in [1.165, 1.54) is 50.1 Å². The minimum Gasteiger partial charge on any atom is -0.0579 e. The highest BCUT2D eigenvalue weighted by molar-refractivity contribution is 5.91. The summed E-state index contributed by atoms with van der Waals surface area (Å²) in [4.78, 5) is 0. The third kappa shape index (κ3) is 4.10. The SMILES string of the molecule is CC(C)(C)c1ccc(-c2cc(C(C)(C)C)cc3c2-c2ccc(C(C)(C)C)cc2C3)cc1. The summed E-state index contributed by atoms with van der Waals surface area (Å²) in [6, 6.07) is 21.3. The van der Waals surface area contributed by atoms with Crippen molar-refractivity contribution in [3.05, 3.63) is 82.4 Å². The molecule has 0 unspecified atom stereocenters. The molecule has 3 aromatic rings. The fraction of sp³-hybridized carbons (Fsp3) is 0.419. The van der Waals surface area contributed by atoms with Crippen LogP contribution in [0.15, 0.2) is 54.6 Å². The van der Waals surface area contributed by atoms with Crippen molar-refractivity contribution in [1.82, 2.24) is 0 Å². The Bertz CT molecular complexity index is 1120. The zero-order valence-electron chi connectivity index (χ0n) is 20.9. The molecule has 0 saturated carbocycles. The first-order chi connectivity index (χ1) is 14.2. The second kappa shape index (κ2) is 7.09. The van der Waals surface area contributed by atoms with Crippen LogP contribution in [0.1, 0.15) is 90.1 Å². The van der Waals surface area contributed by atoms with E-state index < -0.39 is 0 Å². The largest absolute Gasteiger partial charge is 0.0579 e. The van der Waals surface area contributed by atoms with E-state index in [4.69, 9.17) is 0 Å². The third-order valence-corrected chi connectivity index (χ3v) is 6.77. The van der Waals surface area contributed by atoms with Crippen molar-refractivity contribution in [2.45, 2.75) is 85.0 Å². The number of hydrogen-bond acceptors (Lipinski definition) is 0. The standard InChI is InChI=1S/C31H38/c1-29(2,3)23-12-10-20(11-13-23)27-19-25(31(7,8)9)18-22-16-21-17-24(30(4,5)6)14-15-26(21)28(22)27/h10-15,17-19H,16H2,1-9H3. The first-order valence-corrected chi connectivity index (χ1v) is 11.7. The Kier molecular flexibility index (Phi) is 5.00. The zero-order chi connectivity index (χ0) is 22.8. The van der Waals surface area contributed by atoms with Gasteiger partial charge >= 0.3 is 0 Å². The maximum Gasteiger partial charge on any atom is -0.00130 e. The molecule has 31 heavy (non-hydrogen) atoms. The summed E-state index contributed by atoms with van der Waals surface area (Å²) in [5.41, 5.74) is 13.2. The predicted octanol–water partition coefficient (Wildman–Crippen LogP) is 8.82. The highest BCUT2D eigenvalue weighted by Gasteiger charge is 2.27. The summed E-state index contributed by atoms with van der Waals surface area (Å²) in [5.74, 6) is 0. The van der Waals surface area contributed by atoms with Gasteiger partial charge < -0.3 is 0 Å². The Labute approximate surface area is 189 Å². The molecule has 0 radical (unpaired) electrons. The molecule has 162 valence electrons. The fourth-order valence-corrected chi connectivity index (χ4v) is 4.63. The summed E-state index contributed by atoms with van der Waals surface area (Å²) in [7, 11) is 0. The average Bonchev–Trinajstić information content (AvgIpc) is 3.03. The second-order valence-electron chi connectivity index (χ2n) is 12.4. The van der Waals surface area contributed by atoms with Gasteiger partial charge in [0.25, 0.3) is 0 Å². The van der Waals surface area contributed by atoms with Gasteiger partial charge in [0.15, 0.2) is 0 Å². The molecule has 0 amide bonds. The van der Waals surface area contributed by atoms with E-state index >= 15 is 0 Å². The lowest BCUT2D eigenvalue weighted by Crippen LogP contribution is -2.12.